The van der Waals surface area contributed by atoms with E-state index in [4.69, 9.17) is 9.47 Å². The van der Waals surface area contributed by atoms with Crippen LogP contribution in [0.1, 0.15) is 75.3 Å². The number of aromatic nitrogens is 1. The molecule has 11 atom stereocenters. The molecule has 1 aromatic heterocycles. The predicted octanol–water partition coefficient (Wildman–Crippen LogP) is 2.94. The Morgan fingerprint density at radius 3 is 2.57 bits per heavy atom. The zero-order chi connectivity index (χ0) is 42.6. The largest absolute Gasteiger partial charge is 0.496 e. The summed E-state index contributed by atoms with van der Waals surface area (Å²) in [6, 6.07) is 11.2. The van der Waals surface area contributed by atoms with Crippen molar-refractivity contribution in [2.24, 2.45) is 11.3 Å². The van der Waals surface area contributed by atoms with Gasteiger partial charge < -0.3 is 45.1 Å². The molecular formula is C47H63N5O8. The van der Waals surface area contributed by atoms with Crippen LogP contribution in [-0.2, 0) is 38.0 Å². The lowest BCUT2D eigenvalue weighted by Gasteiger charge is -2.63. The first-order valence-electron chi connectivity index (χ1n) is 22.0. The number of methoxy groups -OCH3 is 2. The van der Waals surface area contributed by atoms with Crippen molar-refractivity contribution in [3.05, 3.63) is 70.9 Å². The standard InChI is InChI=1S/C47H63N5O8/c1-7-43(57)22-29-23-45(42(56)60-6,37-32(14-18-51(26-29)27-43)31-12-9-10-13-34(31)49-37)24-30-20-33-35(21-36(30)59-5)50(4)39-46(33)16-19-52-17-11-15-44(8-2,38(46)52)40(54)47(39,58)41(55)48-25-28(3)53/h9-13,15,20-21,28-29,38-40,49,53-54,57-58H,7-8,14,16-19,22-27H2,1-6H3,(H,48,55)/t28?,29?,38?,39?,40-,43?,44-,45?,46?,47+/m1/s1. The van der Waals surface area contributed by atoms with Gasteiger partial charge in [-0.1, -0.05) is 44.2 Å². The lowest BCUT2D eigenvalue weighted by Crippen LogP contribution is -2.81. The average Bonchev–Trinajstić information content (AvgIpc) is 3.90. The van der Waals surface area contributed by atoms with Gasteiger partial charge in [0, 0.05) is 85.0 Å². The van der Waals surface area contributed by atoms with Crippen LogP contribution in [0.25, 0.3) is 10.9 Å². The Labute approximate surface area is 352 Å². The molecule has 60 heavy (non-hydrogen) atoms. The molecular weight excluding hydrogens is 763 g/mol. The van der Waals surface area contributed by atoms with Crippen molar-refractivity contribution in [3.63, 3.8) is 0 Å². The van der Waals surface area contributed by atoms with E-state index in [1.54, 1.807) is 14.0 Å². The van der Waals surface area contributed by atoms with E-state index in [9.17, 15) is 25.2 Å². The smallest absolute Gasteiger partial charge is 0.318 e. The van der Waals surface area contributed by atoms with Gasteiger partial charge in [0.2, 0.25) is 0 Å². The number of para-hydroxylation sites is 1. The summed E-state index contributed by atoms with van der Waals surface area (Å²) < 4.78 is 12.1. The number of nitrogens with zero attached hydrogens (tertiary/aromatic N) is 3. The summed E-state index contributed by atoms with van der Waals surface area (Å²) in [5, 5.41) is 51.7. The zero-order valence-electron chi connectivity index (χ0n) is 36.0. The lowest BCUT2D eigenvalue weighted by molar-refractivity contribution is -0.203. The summed E-state index contributed by atoms with van der Waals surface area (Å²) >= 11 is 0. The summed E-state index contributed by atoms with van der Waals surface area (Å²) in [7, 11) is 4.97. The number of aromatic amines is 1. The minimum absolute atomic E-state index is 0.0210. The summed E-state index contributed by atoms with van der Waals surface area (Å²) in [4.78, 5) is 40.0. The van der Waals surface area contributed by atoms with Crippen molar-refractivity contribution in [2.75, 3.05) is 65.4 Å². The van der Waals surface area contributed by atoms with Gasteiger partial charge in [-0.2, -0.15) is 0 Å². The molecule has 1 aliphatic carbocycles. The minimum Gasteiger partial charge on any atom is -0.496 e. The number of fused-ring (bicyclic) bond motifs is 6. The number of hydrogen-bond acceptors (Lipinski definition) is 11. The van der Waals surface area contributed by atoms with Crippen LogP contribution < -0.4 is 15.0 Å². The van der Waals surface area contributed by atoms with Crippen LogP contribution in [0.4, 0.5) is 5.69 Å². The molecule has 0 radical (unpaired) electrons. The summed E-state index contributed by atoms with van der Waals surface area (Å²) in [5.41, 5.74) is -0.758. The topological polar surface area (TPSA) is 171 Å². The molecule has 1 spiro atoms. The number of esters is 1. The monoisotopic (exact) mass is 825 g/mol. The maximum Gasteiger partial charge on any atom is 0.318 e. The van der Waals surface area contributed by atoms with Crippen molar-refractivity contribution < 1.29 is 39.5 Å². The second kappa shape index (κ2) is 14.6. The van der Waals surface area contributed by atoms with E-state index in [2.05, 4.69) is 44.4 Å². The fourth-order valence-electron chi connectivity index (χ4n) is 13.6. The number of ether oxygens (including phenoxy) is 2. The first-order valence-corrected chi connectivity index (χ1v) is 22.0. The number of anilines is 1. The van der Waals surface area contributed by atoms with E-state index in [1.165, 1.54) is 7.11 Å². The molecule has 13 heteroatoms. The number of rotatable bonds is 9. The van der Waals surface area contributed by atoms with E-state index in [0.717, 1.165) is 52.1 Å². The molecule has 13 nitrogen and oxygen atoms in total. The van der Waals surface area contributed by atoms with Gasteiger partial charge in [-0.25, -0.2) is 0 Å². The fourth-order valence-corrected chi connectivity index (χ4v) is 13.6. The number of aliphatic hydroxyl groups excluding tert-OH is 2. The fraction of sp³-hybridized carbons (Fsp3) is 0.617. The number of piperidine rings is 1. The van der Waals surface area contributed by atoms with Gasteiger partial charge in [0.05, 0.1) is 32.0 Å². The van der Waals surface area contributed by atoms with Gasteiger partial charge in [-0.05, 0) is 93.2 Å². The van der Waals surface area contributed by atoms with Crippen LogP contribution in [-0.4, -0.2) is 143 Å². The van der Waals surface area contributed by atoms with Gasteiger partial charge in [0.15, 0.2) is 5.60 Å². The number of carbonyl (C=O) groups is 2. The summed E-state index contributed by atoms with van der Waals surface area (Å²) in [5.74, 6) is -0.530. The quantitative estimate of drug-likeness (QED) is 0.139. The number of nitrogens with one attached hydrogen (secondary N) is 2. The molecule has 6 N–H and O–H groups in total. The zero-order valence-corrected chi connectivity index (χ0v) is 36.0. The highest BCUT2D eigenvalue weighted by Crippen LogP contribution is 2.67. The number of benzene rings is 2. The Morgan fingerprint density at radius 2 is 1.85 bits per heavy atom. The number of carbonyl (C=O) groups excluding carboxylic acids is 2. The van der Waals surface area contributed by atoms with Gasteiger partial charge in [-0.3, -0.25) is 19.4 Å². The first-order chi connectivity index (χ1) is 28.7. The van der Waals surface area contributed by atoms with Crippen molar-refractivity contribution in [1.29, 1.82) is 0 Å². The van der Waals surface area contributed by atoms with Gasteiger partial charge in [-0.15, -0.1) is 0 Å². The Hall–Kier alpha value is -3.98. The van der Waals surface area contributed by atoms with Crippen molar-refractivity contribution in [3.8, 4) is 5.75 Å². The van der Waals surface area contributed by atoms with Crippen LogP contribution in [0.5, 0.6) is 5.75 Å². The SMILES string of the molecule is CCC1(O)CC2CN(CCc3c([nH]c4ccccc34)C(Cc3cc4c(cc3OC)N(C)C3C45CCN4CC=C[C@](CC)(C45)[C@@H](O)[C@]3(O)C(=O)NCC(C)O)(C(=O)OC)C2)C1. The molecule has 2 aromatic carbocycles. The van der Waals surface area contributed by atoms with E-state index in [1.807, 2.05) is 50.1 Å². The second-order valence-corrected chi connectivity index (χ2v) is 19.1. The first kappa shape index (κ1) is 41.4. The molecule has 1 saturated carbocycles. The normalized spacial score (nSPS) is 37.2. The Balaban J connectivity index is 1.26. The molecule has 2 saturated heterocycles. The van der Waals surface area contributed by atoms with Crippen molar-refractivity contribution in [1.82, 2.24) is 20.1 Å². The number of hydrogen-bond donors (Lipinski definition) is 6. The van der Waals surface area contributed by atoms with E-state index in [-0.39, 0.29) is 30.9 Å². The van der Waals surface area contributed by atoms with Crippen LogP contribution >= 0.6 is 0 Å². The molecule has 324 valence electrons. The Bertz CT molecular complexity index is 2230. The number of likely N-dealkylation sites (N-methyl/N-ethyl adjacent to an activating group) is 1. The molecule has 3 fully saturated rings. The van der Waals surface area contributed by atoms with E-state index < -0.39 is 51.6 Å². The lowest BCUT2D eigenvalue weighted by atomic mass is 9.47. The maximum absolute atomic E-state index is 15.0. The minimum atomic E-state index is -2.27. The highest BCUT2D eigenvalue weighted by atomic mass is 16.5. The Kier molecular flexibility index (Phi) is 10.0. The third-order valence-corrected chi connectivity index (χ3v) is 16.0. The second-order valence-electron chi connectivity index (χ2n) is 19.1. The van der Waals surface area contributed by atoms with Gasteiger partial charge in [0.1, 0.15) is 17.3 Å². The van der Waals surface area contributed by atoms with Crippen LogP contribution in [0.3, 0.4) is 0 Å². The molecule has 9 rings (SSSR count). The van der Waals surface area contributed by atoms with Gasteiger partial charge >= 0.3 is 5.97 Å². The van der Waals surface area contributed by atoms with Gasteiger partial charge in [0.25, 0.3) is 5.91 Å². The predicted molar refractivity (Wildman–Crippen MR) is 228 cm³/mol. The summed E-state index contributed by atoms with van der Waals surface area (Å²) in [6.07, 6.45) is 5.39. The average molecular weight is 826 g/mol. The maximum atomic E-state index is 15.0. The van der Waals surface area contributed by atoms with E-state index >= 15 is 4.79 Å². The van der Waals surface area contributed by atoms with Crippen molar-refractivity contribution in [2.45, 2.75) is 112 Å². The van der Waals surface area contributed by atoms with Crippen molar-refractivity contribution >= 4 is 28.5 Å². The molecule has 6 aliphatic rings. The van der Waals surface area contributed by atoms with E-state index in [0.29, 0.717) is 63.9 Å². The summed E-state index contributed by atoms with van der Waals surface area (Å²) in [6.45, 7) is 9.00. The highest BCUT2D eigenvalue weighted by molar-refractivity contribution is 5.92. The number of H-pyrrole nitrogens is 1. The number of amides is 1. The highest BCUT2D eigenvalue weighted by Gasteiger charge is 2.78. The third kappa shape index (κ3) is 5.64. The van der Waals surface area contributed by atoms with Crippen LogP contribution in [0.15, 0.2) is 48.6 Å². The van der Waals surface area contributed by atoms with Crippen LogP contribution in [0, 0.1) is 11.3 Å². The molecule has 6 heterocycles. The molecule has 3 aromatic rings. The molecule has 5 aliphatic heterocycles. The molecule has 1 amide bonds. The number of aliphatic hydroxyl groups is 4. The molecule has 2 bridgehead atoms. The third-order valence-electron chi connectivity index (χ3n) is 16.0. The van der Waals surface area contributed by atoms with Crippen LogP contribution in [0.2, 0.25) is 0 Å². The Morgan fingerprint density at radius 1 is 1.07 bits per heavy atom. The molecule has 8 unspecified atom stereocenters.